The molecule has 0 bridgehead atoms. The van der Waals surface area contributed by atoms with E-state index >= 15 is 0 Å². The van der Waals surface area contributed by atoms with Gasteiger partial charge < -0.3 is 20.7 Å². The van der Waals surface area contributed by atoms with Crippen molar-refractivity contribution < 1.29 is 17.9 Å². The van der Waals surface area contributed by atoms with Crippen molar-refractivity contribution in [1.29, 1.82) is 0 Å². The Morgan fingerprint density at radius 3 is 2.87 bits per heavy atom. The molecule has 3 unspecified atom stereocenters. The maximum absolute atomic E-state index is 13.0. The largest absolute Gasteiger partial charge is 0.492 e. The van der Waals surface area contributed by atoms with Crippen LogP contribution in [0.4, 0.5) is 18.9 Å². The molecule has 3 atom stereocenters. The Morgan fingerprint density at radius 1 is 1.20 bits per heavy atom. The summed E-state index contributed by atoms with van der Waals surface area (Å²) in [5, 5.41) is 13.2. The standard InChI is InChI=1S/C22H31F3N4O/c1-26-16-10-18(13-22(23,24)25)29-20(12-16)28-17-9-15-5-8-30-21(15)19(11-17)14-3-2-6-27-7-4-14/h4,9,11,16,18,20,26-29H,2-3,5-8,10,12-13H2,1H3. The number of benzene rings is 1. The summed E-state index contributed by atoms with van der Waals surface area (Å²) in [6.45, 7) is 2.52. The van der Waals surface area contributed by atoms with E-state index in [4.69, 9.17) is 4.74 Å². The number of hydrogen-bond donors (Lipinski definition) is 4. The molecule has 30 heavy (non-hydrogen) atoms. The summed E-state index contributed by atoms with van der Waals surface area (Å²) in [7, 11) is 1.81. The van der Waals surface area contributed by atoms with Crippen LogP contribution in [0, 0.1) is 0 Å². The van der Waals surface area contributed by atoms with E-state index in [-0.39, 0.29) is 12.2 Å². The highest BCUT2D eigenvalue weighted by Crippen LogP contribution is 2.39. The highest BCUT2D eigenvalue weighted by Gasteiger charge is 2.36. The molecule has 3 aliphatic rings. The molecule has 4 N–H and O–H groups in total. The first kappa shape index (κ1) is 21.5. The van der Waals surface area contributed by atoms with Crippen LogP contribution in [0.3, 0.4) is 0 Å². The zero-order valence-electron chi connectivity index (χ0n) is 17.4. The maximum Gasteiger partial charge on any atom is 0.390 e. The SMILES string of the molecule is CNC1CC(CC(F)(F)F)NC(Nc2cc3c(c(C4=CCNCCC4)c2)OCC3)C1. The summed E-state index contributed by atoms with van der Waals surface area (Å²) < 4.78 is 44.8. The third-order valence-electron chi connectivity index (χ3n) is 6.18. The van der Waals surface area contributed by atoms with Crippen LogP contribution in [0.25, 0.3) is 5.57 Å². The Balaban J connectivity index is 1.55. The van der Waals surface area contributed by atoms with E-state index < -0.39 is 18.6 Å². The molecule has 0 amide bonds. The minimum Gasteiger partial charge on any atom is -0.492 e. The Morgan fingerprint density at radius 2 is 2.07 bits per heavy atom. The summed E-state index contributed by atoms with van der Waals surface area (Å²) >= 11 is 0. The van der Waals surface area contributed by atoms with E-state index in [0.717, 1.165) is 55.8 Å². The van der Waals surface area contributed by atoms with Gasteiger partial charge in [0, 0.05) is 41.9 Å². The second-order valence-electron chi connectivity index (χ2n) is 8.48. The molecule has 1 saturated heterocycles. The van der Waals surface area contributed by atoms with Crippen LogP contribution >= 0.6 is 0 Å². The van der Waals surface area contributed by atoms with Gasteiger partial charge in [-0.1, -0.05) is 6.08 Å². The fraction of sp³-hybridized carbons (Fsp3) is 0.636. The summed E-state index contributed by atoms with van der Waals surface area (Å²) in [5.74, 6) is 0.966. The Bertz CT molecular complexity index is 780. The Hall–Kier alpha value is -1.77. The van der Waals surface area contributed by atoms with Gasteiger partial charge in [0.15, 0.2) is 0 Å². The molecule has 1 aromatic rings. The van der Waals surface area contributed by atoms with Gasteiger partial charge in [-0.15, -0.1) is 0 Å². The van der Waals surface area contributed by atoms with Crippen LogP contribution < -0.4 is 26.0 Å². The quantitative estimate of drug-likeness (QED) is 0.584. The fourth-order valence-corrected chi connectivity index (χ4v) is 4.78. The molecule has 1 fully saturated rings. The van der Waals surface area contributed by atoms with Gasteiger partial charge in [-0.2, -0.15) is 13.2 Å². The van der Waals surface area contributed by atoms with Crippen molar-refractivity contribution in [2.45, 2.75) is 63.0 Å². The molecule has 0 radical (unpaired) electrons. The number of anilines is 1. The van der Waals surface area contributed by atoms with Crippen LogP contribution in [-0.2, 0) is 6.42 Å². The van der Waals surface area contributed by atoms with Crippen LogP contribution in [0.5, 0.6) is 5.75 Å². The molecule has 0 saturated carbocycles. The topological polar surface area (TPSA) is 57.3 Å². The smallest absolute Gasteiger partial charge is 0.390 e. The van der Waals surface area contributed by atoms with Gasteiger partial charge in [-0.25, -0.2) is 0 Å². The molecule has 0 aliphatic carbocycles. The van der Waals surface area contributed by atoms with Crippen molar-refractivity contribution in [3.05, 3.63) is 29.3 Å². The number of hydrogen-bond acceptors (Lipinski definition) is 5. The second kappa shape index (κ2) is 9.16. The lowest BCUT2D eigenvalue weighted by atomic mass is 9.94. The van der Waals surface area contributed by atoms with Gasteiger partial charge in [0.2, 0.25) is 0 Å². The van der Waals surface area contributed by atoms with Crippen molar-refractivity contribution in [2.75, 3.05) is 32.1 Å². The number of ether oxygens (including phenoxy) is 1. The van der Waals surface area contributed by atoms with Crippen LogP contribution in [0.1, 0.15) is 43.2 Å². The van der Waals surface area contributed by atoms with Crippen molar-refractivity contribution >= 4 is 11.3 Å². The number of piperidine rings is 1. The Labute approximate surface area is 175 Å². The lowest BCUT2D eigenvalue weighted by molar-refractivity contribution is -0.142. The van der Waals surface area contributed by atoms with Crippen molar-refractivity contribution in [2.24, 2.45) is 0 Å². The normalized spacial score (nSPS) is 27.1. The first-order valence-corrected chi connectivity index (χ1v) is 10.9. The molecular weight excluding hydrogens is 393 g/mol. The van der Waals surface area contributed by atoms with Crippen LogP contribution in [-0.4, -0.2) is 51.2 Å². The summed E-state index contributed by atoms with van der Waals surface area (Å²) in [5.41, 5.74) is 4.50. The summed E-state index contributed by atoms with van der Waals surface area (Å²) in [6, 6.07) is 3.64. The van der Waals surface area contributed by atoms with Crippen molar-refractivity contribution in [3.8, 4) is 5.75 Å². The minimum absolute atomic E-state index is 0.0453. The average molecular weight is 425 g/mol. The maximum atomic E-state index is 13.0. The number of allylic oxidation sites excluding steroid dienone is 1. The van der Waals surface area contributed by atoms with E-state index in [1.807, 2.05) is 7.05 Å². The van der Waals surface area contributed by atoms with Crippen LogP contribution in [0.2, 0.25) is 0 Å². The number of fused-ring (bicyclic) bond motifs is 1. The number of rotatable bonds is 5. The van der Waals surface area contributed by atoms with Crippen LogP contribution in [0.15, 0.2) is 18.2 Å². The third kappa shape index (κ3) is 5.28. The third-order valence-corrected chi connectivity index (χ3v) is 6.18. The van der Waals surface area contributed by atoms with Crippen molar-refractivity contribution in [3.63, 3.8) is 0 Å². The summed E-state index contributed by atoms with van der Waals surface area (Å²) in [4.78, 5) is 0. The van der Waals surface area contributed by atoms with Crippen molar-refractivity contribution in [1.82, 2.24) is 16.0 Å². The molecule has 3 aliphatic heterocycles. The van der Waals surface area contributed by atoms with Gasteiger partial charge in [0.1, 0.15) is 5.75 Å². The molecule has 166 valence electrons. The van der Waals surface area contributed by atoms with Gasteiger partial charge in [-0.05, 0) is 57.0 Å². The molecule has 0 spiro atoms. The van der Waals surface area contributed by atoms with Gasteiger partial charge in [0.25, 0.3) is 0 Å². The first-order valence-electron chi connectivity index (χ1n) is 10.9. The lowest BCUT2D eigenvalue weighted by Gasteiger charge is -2.37. The zero-order chi connectivity index (χ0) is 21.1. The number of alkyl halides is 3. The highest BCUT2D eigenvalue weighted by atomic mass is 19.4. The monoisotopic (exact) mass is 424 g/mol. The van der Waals surface area contributed by atoms with E-state index in [1.165, 1.54) is 11.1 Å². The van der Waals surface area contributed by atoms with E-state index in [0.29, 0.717) is 13.0 Å². The molecule has 3 heterocycles. The molecule has 4 rings (SSSR count). The fourth-order valence-electron chi connectivity index (χ4n) is 4.78. The number of nitrogens with one attached hydrogen (secondary N) is 4. The molecular formula is C22H31F3N4O. The first-order chi connectivity index (χ1) is 14.4. The average Bonchev–Trinajstić information content (AvgIpc) is 2.99. The second-order valence-corrected chi connectivity index (χ2v) is 8.48. The highest BCUT2D eigenvalue weighted by molar-refractivity contribution is 5.76. The molecule has 5 nitrogen and oxygen atoms in total. The minimum atomic E-state index is -4.17. The van der Waals surface area contributed by atoms with Gasteiger partial charge in [-0.3, -0.25) is 5.32 Å². The summed E-state index contributed by atoms with van der Waals surface area (Å²) in [6.07, 6.45) is 1.14. The molecule has 0 aromatic heterocycles. The predicted molar refractivity (Wildman–Crippen MR) is 113 cm³/mol. The van der Waals surface area contributed by atoms with E-state index in [1.54, 1.807) is 0 Å². The van der Waals surface area contributed by atoms with Gasteiger partial charge in [0.05, 0.1) is 19.2 Å². The van der Waals surface area contributed by atoms with E-state index in [2.05, 4.69) is 39.5 Å². The lowest BCUT2D eigenvalue weighted by Crippen LogP contribution is -2.54. The molecule has 8 heteroatoms. The molecule has 1 aromatic carbocycles. The Kier molecular flexibility index (Phi) is 6.55. The van der Waals surface area contributed by atoms with E-state index in [9.17, 15) is 13.2 Å². The number of halogens is 3. The van der Waals surface area contributed by atoms with Gasteiger partial charge >= 0.3 is 6.18 Å². The zero-order valence-corrected chi connectivity index (χ0v) is 17.4. The predicted octanol–water partition coefficient (Wildman–Crippen LogP) is 3.42.